The lowest BCUT2D eigenvalue weighted by Gasteiger charge is -2.15. The van der Waals surface area contributed by atoms with Crippen LogP contribution >= 0.6 is 0 Å². The highest BCUT2D eigenvalue weighted by atomic mass is 16.3. The molecule has 0 bridgehead atoms. The zero-order valence-electron chi connectivity index (χ0n) is 8.89. The quantitative estimate of drug-likeness (QED) is 0.728. The van der Waals surface area contributed by atoms with E-state index < -0.39 is 0 Å². The summed E-state index contributed by atoms with van der Waals surface area (Å²) in [5, 5.41) is 9.05. The molecule has 82 valence electrons. The van der Waals surface area contributed by atoms with E-state index in [2.05, 4.69) is 11.0 Å². The van der Waals surface area contributed by atoms with Crippen molar-refractivity contribution in [3.8, 4) is 0 Å². The van der Waals surface area contributed by atoms with Gasteiger partial charge in [0.2, 0.25) is 0 Å². The first-order valence-corrected chi connectivity index (χ1v) is 5.45. The highest BCUT2D eigenvalue weighted by Crippen LogP contribution is 2.18. The Hall–Kier alpha value is -1.06. The molecule has 1 fully saturated rings. The maximum absolute atomic E-state index is 9.05. The number of hydrogen-bond acceptors (Lipinski definition) is 3. The highest BCUT2D eigenvalue weighted by Gasteiger charge is 2.21. The summed E-state index contributed by atoms with van der Waals surface area (Å²) in [5.41, 5.74) is 7.81. The van der Waals surface area contributed by atoms with Gasteiger partial charge in [-0.2, -0.15) is 0 Å². The Kier molecular flexibility index (Phi) is 3.23. The zero-order chi connectivity index (χ0) is 10.7. The summed E-state index contributed by atoms with van der Waals surface area (Å²) in [6.45, 7) is 3.35. The predicted octanol–water partition coefficient (Wildman–Crippen LogP) is 1.08. The van der Waals surface area contributed by atoms with Gasteiger partial charge in [0, 0.05) is 25.4 Å². The van der Waals surface area contributed by atoms with Gasteiger partial charge in [-0.1, -0.05) is 12.1 Å². The number of aliphatic hydroxyl groups is 1. The predicted molar refractivity (Wildman–Crippen MR) is 61.3 cm³/mol. The summed E-state index contributed by atoms with van der Waals surface area (Å²) in [4.78, 5) is 2.37. The van der Waals surface area contributed by atoms with Crippen molar-refractivity contribution in [3.05, 3.63) is 29.8 Å². The second-order valence-corrected chi connectivity index (χ2v) is 4.32. The number of likely N-dealkylation sites (tertiary alicyclic amines) is 1. The molecule has 1 aliphatic rings. The molecule has 1 aromatic rings. The number of rotatable bonds is 3. The third-order valence-corrected chi connectivity index (χ3v) is 2.99. The molecule has 0 saturated carbocycles. The number of benzene rings is 1. The molecule has 0 radical (unpaired) electrons. The van der Waals surface area contributed by atoms with Gasteiger partial charge >= 0.3 is 0 Å². The molecule has 1 heterocycles. The van der Waals surface area contributed by atoms with Gasteiger partial charge in [-0.3, -0.25) is 4.90 Å². The topological polar surface area (TPSA) is 49.5 Å². The minimum atomic E-state index is 0.313. The Morgan fingerprint density at radius 2 is 2.33 bits per heavy atom. The summed E-state index contributed by atoms with van der Waals surface area (Å²) in [7, 11) is 0. The lowest BCUT2D eigenvalue weighted by molar-refractivity contribution is 0.220. The monoisotopic (exact) mass is 206 g/mol. The van der Waals surface area contributed by atoms with Crippen molar-refractivity contribution in [2.45, 2.75) is 13.0 Å². The first kappa shape index (κ1) is 10.5. The lowest BCUT2D eigenvalue weighted by Crippen LogP contribution is -2.20. The van der Waals surface area contributed by atoms with E-state index in [1.807, 2.05) is 18.2 Å². The average molecular weight is 206 g/mol. The van der Waals surface area contributed by atoms with E-state index in [0.29, 0.717) is 12.5 Å². The number of nitrogens with zero attached hydrogens (tertiary/aromatic N) is 1. The van der Waals surface area contributed by atoms with Gasteiger partial charge < -0.3 is 10.8 Å². The number of hydrogen-bond donors (Lipinski definition) is 2. The lowest BCUT2D eigenvalue weighted by atomic mass is 10.1. The molecule has 1 saturated heterocycles. The fourth-order valence-corrected chi connectivity index (χ4v) is 2.16. The van der Waals surface area contributed by atoms with Gasteiger partial charge in [-0.15, -0.1) is 0 Å². The largest absolute Gasteiger partial charge is 0.399 e. The van der Waals surface area contributed by atoms with E-state index in [-0.39, 0.29) is 0 Å². The van der Waals surface area contributed by atoms with Crippen LogP contribution in [0.25, 0.3) is 0 Å². The Morgan fingerprint density at radius 1 is 1.47 bits per heavy atom. The van der Waals surface area contributed by atoms with Crippen LogP contribution in [0.5, 0.6) is 0 Å². The minimum Gasteiger partial charge on any atom is -0.399 e. The molecule has 3 heteroatoms. The minimum absolute atomic E-state index is 0.313. The molecular weight excluding hydrogens is 188 g/mol. The smallest absolute Gasteiger partial charge is 0.0471 e. The van der Waals surface area contributed by atoms with Crippen LogP contribution in [0.15, 0.2) is 24.3 Å². The van der Waals surface area contributed by atoms with Crippen molar-refractivity contribution >= 4 is 5.69 Å². The summed E-state index contributed by atoms with van der Waals surface area (Å²) < 4.78 is 0. The SMILES string of the molecule is Nc1cccc(CN2CCC(CO)C2)c1. The molecule has 0 amide bonds. The van der Waals surface area contributed by atoms with Gasteiger partial charge in [-0.05, 0) is 36.6 Å². The molecule has 15 heavy (non-hydrogen) atoms. The van der Waals surface area contributed by atoms with Crippen molar-refractivity contribution in [2.24, 2.45) is 5.92 Å². The van der Waals surface area contributed by atoms with Crippen molar-refractivity contribution < 1.29 is 5.11 Å². The fourth-order valence-electron chi connectivity index (χ4n) is 2.16. The normalized spacial score (nSPS) is 22.1. The summed E-state index contributed by atoms with van der Waals surface area (Å²) in [5.74, 6) is 0.464. The number of nitrogen functional groups attached to an aromatic ring is 1. The van der Waals surface area contributed by atoms with Gasteiger partial charge in [0.15, 0.2) is 0 Å². The first-order valence-electron chi connectivity index (χ1n) is 5.45. The third-order valence-electron chi connectivity index (χ3n) is 2.99. The van der Waals surface area contributed by atoms with Crippen LogP contribution < -0.4 is 5.73 Å². The summed E-state index contributed by atoms with van der Waals surface area (Å²) >= 11 is 0. The van der Waals surface area contributed by atoms with Crippen LogP contribution in [0.4, 0.5) is 5.69 Å². The van der Waals surface area contributed by atoms with Crippen molar-refractivity contribution in [1.82, 2.24) is 4.90 Å². The van der Waals surface area contributed by atoms with Crippen LogP contribution in [-0.4, -0.2) is 29.7 Å². The van der Waals surface area contributed by atoms with E-state index in [1.54, 1.807) is 0 Å². The number of nitrogens with two attached hydrogens (primary N) is 1. The van der Waals surface area contributed by atoms with E-state index in [0.717, 1.165) is 31.7 Å². The Bertz CT molecular complexity index is 327. The molecule has 3 N–H and O–H groups in total. The molecule has 3 nitrogen and oxygen atoms in total. The first-order chi connectivity index (χ1) is 7.28. The van der Waals surface area contributed by atoms with Crippen LogP contribution in [0, 0.1) is 5.92 Å². The second kappa shape index (κ2) is 4.64. The maximum Gasteiger partial charge on any atom is 0.0471 e. The van der Waals surface area contributed by atoms with Gasteiger partial charge in [0.1, 0.15) is 0 Å². The van der Waals surface area contributed by atoms with Crippen LogP contribution in [0.1, 0.15) is 12.0 Å². The molecule has 0 aliphatic carbocycles. The molecule has 1 atom stereocenters. The van der Waals surface area contributed by atoms with Crippen molar-refractivity contribution in [1.29, 1.82) is 0 Å². The van der Waals surface area contributed by atoms with E-state index >= 15 is 0 Å². The summed E-state index contributed by atoms with van der Waals surface area (Å²) in [6, 6.07) is 8.02. The number of aliphatic hydroxyl groups excluding tert-OH is 1. The Balaban J connectivity index is 1.92. The molecule has 2 rings (SSSR count). The maximum atomic E-state index is 9.05. The summed E-state index contributed by atoms with van der Waals surface area (Å²) in [6.07, 6.45) is 1.11. The van der Waals surface area contributed by atoms with E-state index in [4.69, 9.17) is 10.8 Å². The Morgan fingerprint density at radius 3 is 3.00 bits per heavy atom. The van der Waals surface area contributed by atoms with Crippen LogP contribution in [0.3, 0.4) is 0 Å². The van der Waals surface area contributed by atoms with Gasteiger partial charge in [0.25, 0.3) is 0 Å². The van der Waals surface area contributed by atoms with Gasteiger partial charge in [0.05, 0.1) is 0 Å². The van der Waals surface area contributed by atoms with Crippen molar-refractivity contribution in [2.75, 3.05) is 25.4 Å². The molecule has 0 spiro atoms. The average Bonchev–Trinajstić information content (AvgIpc) is 2.65. The fraction of sp³-hybridized carbons (Fsp3) is 0.500. The highest BCUT2D eigenvalue weighted by molar-refractivity contribution is 5.40. The van der Waals surface area contributed by atoms with Crippen LogP contribution in [0.2, 0.25) is 0 Å². The molecule has 1 aromatic carbocycles. The van der Waals surface area contributed by atoms with Crippen molar-refractivity contribution in [3.63, 3.8) is 0 Å². The molecule has 0 aromatic heterocycles. The van der Waals surface area contributed by atoms with E-state index in [9.17, 15) is 0 Å². The van der Waals surface area contributed by atoms with E-state index in [1.165, 1.54) is 5.56 Å². The third kappa shape index (κ3) is 2.70. The standard InChI is InChI=1S/C12H18N2O/c13-12-3-1-2-10(6-12)7-14-5-4-11(8-14)9-15/h1-3,6,11,15H,4-5,7-9,13H2. The van der Waals surface area contributed by atoms with Gasteiger partial charge in [-0.25, -0.2) is 0 Å². The zero-order valence-corrected chi connectivity index (χ0v) is 8.89. The molecular formula is C12H18N2O. The molecule has 1 unspecified atom stereocenters. The molecule has 1 aliphatic heterocycles. The van der Waals surface area contributed by atoms with Crippen LogP contribution in [-0.2, 0) is 6.54 Å². The number of anilines is 1. The second-order valence-electron chi connectivity index (χ2n) is 4.32. The Labute approximate surface area is 90.5 Å².